The molecule has 1 aromatic rings. The molecule has 20 heavy (non-hydrogen) atoms. The van der Waals surface area contributed by atoms with E-state index in [9.17, 15) is 0 Å². The van der Waals surface area contributed by atoms with Gasteiger partial charge < -0.3 is 15.6 Å². The van der Waals surface area contributed by atoms with Crippen LogP contribution in [0.2, 0.25) is 0 Å². The molecule has 6 heteroatoms. The third-order valence-electron chi connectivity index (χ3n) is 3.88. The molecule has 0 radical (unpaired) electrons. The van der Waals surface area contributed by atoms with Gasteiger partial charge in [0.25, 0.3) is 0 Å². The van der Waals surface area contributed by atoms with E-state index in [0.29, 0.717) is 6.04 Å². The minimum Gasteiger partial charge on any atom is -0.366 e. The predicted molar refractivity (Wildman–Crippen MR) is 82.6 cm³/mol. The van der Waals surface area contributed by atoms with Crippen LogP contribution in [-0.4, -0.2) is 40.5 Å². The van der Waals surface area contributed by atoms with Gasteiger partial charge >= 0.3 is 0 Å². The molecule has 0 saturated carbocycles. The molecule has 0 bridgehead atoms. The maximum absolute atomic E-state index is 5.55. The number of rotatable bonds is 6. The number of hydrogen-bond acceptors (Lipinski definition) is 6. The van der Waals surface area contributed by atoms with E-state index < -0.39 is 0 Å². The molecule has 1 fully saturated rings. The molecule has 0 aliphatic carbocycles. The number of nitrogens with zero attached hydrogens (tertiary/aromatic N) is 3. The Hall–Kier alpha value is -1.40. The first-order chi connectivity index (χ1) is 9.78. The molecular weight excluding hydrogens is 252 g/mol. The van der Waals surface area contributed by atoms with E-state index >= 15 is 0 Å². The van der Waals surface area contributed by atoms with Crippen molar-refractivity contribution >= 4 is 11.6 Å². The van der Waals surface area contributed by atoms with Crippen LogP contribution in [0.5, 0.6) is 0 Å². The third kappa shape index (κ3) is 3.58. The van der Waals surface area contributed by atoms with Crippen molar-refractivity contribution in [1.82, 2.24) is 14.9 Å². The van der Waals surface area contributed by atoms with E-state index in [1.54, 1.807) is 6.33 Å². The van der Waals surface area contributed by atoms with Crippen LogP contribution < -0.4 is 16.6 Å². The number of nitrogens with two attached hydrogens (primary N) is 1. The molecule has 0 spiro atoms. The second-order valence-corrected chi connectivity index (χ2v) is 5.32. The standard InChI is InChI=1S/C14H26N6/c1-3-6-12-13(16-10-17-14(12)19-15)18-11-7-5-8-20(4-2)9-11/h10-11H,3-9,15H2,1-2H3,(H2,16,17,18,19). The molecule has 1 aliphatic heterocycles. The zero-order chi connectivity index (χ0) is 14.4. The van der Waals surface area contributed by atoms with E-state index in [2.05, 4.69) is 39.5 Å². The van der Waals surface area contributed by atoms with E-state index in [4.69, 9.17) is 5.84 Å². The van der Waals surface area contributed by atoms with Crippen molar-refractivity contribution in [3.8, 4) is 0 Å². The Morgan fingerprint density at radius 3 is 2.85 bits per heavy atom. The van der Waals surface area contributed by atoms with Gasteiger partial charge in [-0.15, -0.1) is 0 Å². The molecule has 1 atom stereocenters. The van der Waals surface area contributed by atoms with E-state index in [1.165, 1.54) is 19.4 Å². The number of aromatic nitrogens is 2. The first-order valence-electron chi connectivity index (χ1n) is 7.57. The number of likely N-dealkylation sites (N-methyl/N-ethyl adjacent to an activating group) is 1. The van der Waals surface area contributed by atoms with Crippen LogP contribution in [0.3, 0.4) is 0 Å². The Morgan fingerprint density at radius 2 is 2.15 bits per heavy atom. The Balaban J connectivity index is 2.11. The molecule has 1 saturated heterocycles. The summed E-state index contributed by atoms with van der Waals surface area (Å²) in [6.07, 6.45) is 5.96. The number of hydrazine groups is 1. The fourth-order valence-electron chi connectivity index (χ4n) is 2.80. The van der Waals surface area contributed by atoms with Crippen molar-refractivity contribution in [3.05, 3.63) is 11.9 Å². The van der Waals surface area contributed by atoms with Crippen LogP contribution >= 0.6 is 0 Å². The molecule has 2 heterocycles. The second kappa shape index (κ2) is 7.40. The molecule has 112 valence electrons. The van der Waals surface area contributed by atoms with Gasteiger partial charge in [0.1, 0.15) is 18.0 Å². The summed E-state index contributed by atoms with van der Waals surface area (Å²) in [7, 11) is 0. The molecule has 4 N–H and O–H groups in total. The van der Waals surface area contributed by atoms with Crippen molar-refractivity contribution in [2.24, 2.45) is 5.84 Å². The largest absolute Gasteiger partial charge is 0.366 e. The van der Waals surface area contributed by atoms with Gasteiger partial charge in [0.2, 0.25) is 0 Å². The van der Waals surface area contributed by atoms with Crippen molar-refractivity contribution in [2.75, 3.05) is 30.4 Å². The van der Waals surface area contributed by atoms with Gasteiger partial charge in [0.05, 0.1) is 0 Å². The summed E-state index contributed by atoms with van der Waals surface area (Å²) in [5.74, 6) is 7.21. The van der Waals surface area contributed by atoms with Crippen LogP contribution in [0.1, 0.15) is 38.7 Å². The van der Waals surface area contributed by atoms with E-state index in [1.807, 2.05) is 0 Å². The van der Waals surface area contributed by atoms with Gasteiger partial charge in [0.15, 0.2) is 0 Å². The number of anilines is 2. The molecule has 1 aliphatic rings. The van der Waals surface area contributed by atoms with Crippen LogP contribution in [-0.2, 0) is 6.42 Å². The van der Waals surface area contributed by atoms with E-state index in [-0.39, 0.29) is 0 Å². The summed E-state index contributed by atoms with van der Waals surface area (Å²) in [4.78, 5) is 11.1. The van der Waals surface area contributed by atoms with Crippen molar-refractivity contribution in [3.63, 3.8) is 0 Å². The number of likely N-dealkylation sites (tertiary alicyclic amines) is 1. The van der Waals surface area contributed by atoms with Gasteiger partial charge in [-0.3, -0.25) is 0 Å². The Bertz CT molecular complexity index is 422. The van der Waals surface area contributed by atoms with Crippen LogP contribution in [0.15, 0.2) is 6.33 Å². The average Bonchev–Trinajstić information content (AvgIpc) is 2.49. The molecule has 1 unspecified atom stereocenters. The lowest BCUT2D eigenvalue weighted by atomic mass is 10.0. The van der Waals surface area contributed by atoms with Crippen LogP contribution in [0.4, 0.5) is 11.6 Å². The SMILES string of the molecule is CCCc1c(NN)ncnc1NC1CCCN(CC)C1. The molecule has 2 rings (SSSR count). The Kier molecular flexibility index (Phi) is 5.55. The monoisotopic (exact) mass is 278 g/mol. The maximum atomic E-state index is 5.55. The third-order valence-corrected chi connectivity index (χ3v) is 3.88. The maximum Gasteiger partial charge on any atom is 0.148 e. The summed E-state index contributed by atoms with van der Waals surface area (Å²) >= 11 is 0. The summed E-state index contributed by atoms with van der Waals surface area (Å²) in [6, 6.07) is 0.458. The zero-order valence-corrected chi connectivity index (χ0v) is 12.5. The van der Waals surface area contributed by atoms with Crippen molar-refractivity contribution in [2.45, 2.75) is 45.6 Å². The average molecular weight is 278 g/mol. The highest BCUT2D eigenvalue weighted by molar-refractivity contribution is 5.57. The zero-order valence-electron chi connectivity index (χ0n) is 12.5. The van der Waals surface area contributed by atoms with Gasteiger partial charge in [-0.2, -0.15) is 0 Å². The minimum atomic E-state index is 0.458. The van der Waals surface area contributed by atoms with Crippen molar-refractivity contribution < 1.29 is 0 Å². The highest BCUT2D eigenvalue weighted by Gasteiger charge is 2.20. The second-order valence-electron chi connectivity index (χ2n) is 5.32. The summed E-state index contributed by atoms with van der Waals surface area (Å²) in [5, 5.41) is 3.58. The number of nitrogens with one attached hydrogen (secondary N) is 2. The quantitative estimate of drug-likeness (QED) is 0.542. The molecule has 0 aromatic carbocycles. The topological polar surface area (TPSA) is 79.1 Å². The fourth-order valence-corrected chi connectivity index (χ4v) is 2.80. The molecule has 1 aromatic heterocycles. The Labute approximate surface area is 121 Å². The smallest absolute Gasteiger partial charge is 0.148 e. The van der Waals surface area contributed by atoms with E-state index in [0.717, 1.165) is 43.1 Å². The summed E-state index contributed by atoms with van der Waals surface area (Å²) in [5.41, 5.74) is 3.77. The number of piperidine rings is 1. The number of nitrogen functional groups attached to an aromatic ring is 1. The van der Waals surface area contributed by atoms with Gasteiger partial charge in [-0.25, -0.2) is 15.8 Å². The van der Waals surface area contributed by atoms with Crippen LogP contribution in [0.25, 0.3) is 0 Å². The lowest BCUT2D eigenvalue weighted by Crippen LogP contribution is -2.42. The highest BCUT2D eigenvalue weighted by Crippen LogP contribution is 2.23. The highest BCUT2D eigenvalue weighted by atomic mass is 15.3. The van der Waals surface area contributed by atoms with Crippen molar-refractivity contribution in [1.29, 1.82) is 0 Å². The summed E-state index contributed by atoms with van der Waals surface area (Å²) < 4.78 is 0. The summed E-state index contributed by atoms with van der Waals surface area (Å²) in [6.45, 7) is 7.76. The molecule has 0 amide bonds. The normalized spacial score (nSPS) is 19.9. The minimum absolute atomic E-state index is 0.458. The van der Waals surface area contributed by atoms with Gasteiger partial charge in [0, 0.05) is 18.2 Å². The van der Waals surface area contributed by atoms with Crippen LogP contribution in [0, 0.1) is 0 Å². The lowest BCUT2D eigenvalue weighted by Gasteiger charge is -2.33. The lowest BCUT2D eigenvalue weighted by molar-refractivity contribution is 0.226. The first kappa shape index (κ1) is 15.0. The number of hydrogen-bond donors (Lipinski definition) is 3. The fraction of sp³-hybridized carbons (Fsp3) is 0.714. The molecular formula is C14H26N6. The Morgan fingerprint density at radius 1 is 1.35 bits per heavy atom. The van der Waals surface area contributed by atoms with Gasteiger partial charge in [-0.05, 0) is 32.4 Å². The molecule has 6 nitrogen and oxygen atoms in total. The van der Waals surface area contributed by atoms with Gasteiger partial charge in [-0.1, -0.05) is 20.3 Å². The first-order valence-corrected chi connectivity index (χ1v) is 7.57. The predicted octanol–water partition coefficient (Wildman–Crippen LogP) is 1.61.